The molecule has 11 heteroatoms. The molecular weight excluding hydrogens is 697 g/mol. The van der Waals surface area contributed by atoms with Gasteiger partial charge in [0.15, 0.2) is 0 Å². The van der Waals surface area contributed by atoms with Gasteiger partial charge >= 0.3 is 6.18 Å². The lowest BCUT2D eigenvalue weighted by Gasteiger charge is -2.12. The molecule has 0 heterocycles. The number of ether oxygens (including phenoxy) is 1. The third-order valence-corrected chi connectivity index (χ3v) is 6.37. The van der Waals surface area contributed by atoms with Crippen LogP contribution in [-0.2, 0) is 17.6 Å². The fourth-order valence-electron chi connectivity index (χ4n) is 2.76. The van der Waals surface area contributed by atoms with Crippen LogP contribution in [0.3, 0.4) is 0 Å². The number of alkyl halides is 3. The highest BCUT2D eigenvalue weighted by Gasteiger charge is 2.30. The van der Waals surface area contributed by atoms with E-state index in [4.69, 9.17) is 16.3 Å². The zero-order valence-corrected chi connectivity index (χ0v) is 22.4. The van der Waals surface area contributed by atoms with Crippen molar-refractivity contribution in [3.05, 3.63) is 89.5 Å². The van der Waals surface area contributed by atoms with Crippen LogP contribution in [0.1, 0.15) is 16.7 Å². The molecule has 0 bridgehead atoms. The zero-order valence-electron chi connectivity index (χ0n) is 17.3. The predicted octanol–water partition coefficient (Wildman–Crippen LogP) is 6.71. The number of halogens is 6. The van der Waals surface area contributed by atoms with Gasteiger partial charge in [0, 0.05) is 16.3 Å². The monoisotopic (exact) mass is 713 g/mol. The van der Waals surface area contributed by atoms with Crippen LogP contribution in [0.2, 0.25) is 5.02 Å². The Kier molecular flexibility index (Phi) is 9.42. The predicted molar refractivity (Wildman–Crippen MR) is 143 cm³/mol. The maximum absolute atomic E-state index is 12.8. The van der Waals surface area contributed by atoms with Crippen molar-refractivity contribution in [2.75, 3.05) is 11.9 Å². The van der Waals surface area contributed by atoms with Gasteiger partial charge in [0.05, 0.1) is 25.5 Å². The molecule has 1 amide bonds. The van der Waals surface area contributed by atoms with E-state index in [0.717, 1.165) is 30.4 Å². The number of anilines is 1. The molecule has 3 aromatic carbocycles. The number of nitrogens with one attached hydrogen (secondary N) is 2. The Morgan fingerprint density at radius 1 is 1.06 bits per heavy atom. The Morgan fingerprint density at radius 3 is 2.44 bits per heavy atom. The van der Waals surface area contributed by atoms with Crippen LogP contribution in [0.15, 0.2) is 65.8 Å². The molecule has 0 aromatic heterocycles. The number of hydrazone groups is 1. The van der Waals surface area contributed by atoms with E-state index in [2.05, 4.69) is 61.0 Å². The summed E-state index contributed by atoms with van der Waals surface area (Å²) in [6.07, 6.45) is -2.97. The second-order valence-corrected chi connectivity index (χ2v) is 9.65. The molecule has 0 aliphatic carbocycles. The van der Waals surface area contributed by atoms with Crippen LogP contribution in [0.4, 0.5) is 18.9 Å². The van der Waals surface area contributed by atoms with Crippen LogP contribution in [0, 0.1) is 7.14 Å². The van der Waals surface area contributed by atoms with Gasteiger partial charge in [-0.2, -0.15) is 18.3 Å². The molecule has 0 saturated heterocycles. The molecule has 3 rings (SSSR count). The summed E-state index contributed by atoms with van der Waals surface area (Å²) in [7, 11) is 0. The summed E-state index contributed by atoms with van der Waals surface area (Å²) >= 11 is 10.5. The summed E-state index contributed by atoms with van der Waals surface area (Å²) in [5.41, 5.74) is 3.36. The minimum absolute atomic E-state index is 0.186. The molecule has 0 fully saturated rings. The lowest BCUT2D eigenvalue weighted by molar-refractivity contribution is -0.137. The van der Waals surface area contributed by atoms with E-state index in [0.29, 0.717) is 17.4 Å². The van der Waals surface area contributed by atoms with Gasteiger partial charge in [0.25, 0.3) is 5.91 Å². The number of rotatable bonds is 8. The van der Waals surface area contributed by atoms with E-state index < -0.39 is 17.6 Å². The summed E-state index contributed by atoms with van der Waals surface area (Å²) in [6, 6.07) is 15.8. The van der Waals surface area contributed by atoms with Gasteiger partial charge in [-0.05, 0) is 87.1 Å². The SMILES string of the molecule is O=C(CNc1cccc(C(F)(F)F)c1)N/N=C\c1cc(I)c(OCc2ccccc2Cl)c(I)c1. The maximum atomic E-state index is 12.8. The van der Waals surface area contributed by atoms with E-state index >= 15 is 0 Å². The highest BCUT2D eigenvalue weighted by Crippen LogP contribution is 2.31. The van der Waals surface area contributed by atoms with Crippen LogP contribution in [0.25, 0.3) is 0 Å². The Bertz CT molecular complexity index is 1180. The van der Waals surface area contributed by atoms with Crippen molar-refractivity contribution in [2.24, 2.45) is 5.10 Å². The Morgan fingerprint density at radius 2 is 1.76 bits per heavy atom. The minimum Gasteiger partial charge on any atom is -0.487 e. The molecule has 2 N–H and O–H groups in total. The van der Waals surface area contributed by atoms with Gasteiger partial charge in [-0.15, -0.1) is 0 Å². The van der Waals surface area contributed by atoms with E-state index in [-0.39, 0.29) is 12.2 Å². The third kappa shape index (κ3) is 7.73. The van der Waals surface area contributed by atoms with Crippen molar-refractivity contribution >= 4 is 74.6 Å². The summed E-state index contributed by atoms with van der Waals surface area (Å²) in [6.45, 7) is 0.0938. The molecule has 0 radical (unpaired) electrons. The van der Waals surface area contributed by atoms with Crippen LogP contribution >= 0.6 is 56.8 Å². The third-order valence-electron chi connectivity index (χ3n) is 4.40. The number of amides is 1. The van der Waals surface area contributed by atoms with Crippen LogP contribution in [-0.4, -0.2) is 18.7 Å². The van der Waals surface area contributed by atoms with Gasteiger partial charge in [-0.25, -0.2) is 5.43 Å². The molecule has 0 unspecified atom stereocenters. The zero-order chi connectivity index (χ0) is 24.7. The van der Waals surface area contributed by atoms with Crippen molar-refractivity contribution < 1.29 is 22.7 Å². The first-order valence-electron chi connectivity index (χ1n) is 9.72. The standard InChI is InChI=1S/C23H17ClF3I2N3O2/c24-18-7-2-1-4-15(18)13-34-22-19(28)8-14(9-20(22)29)11-31-32-21(33)12-30-17-6-3-5-16(10-17)23(25,26)27/h1-11,30H,12-13H2,(H,32,33)/b31-11-. The van der Waals surface area contributed by atoms with E-state index in [1.165, 1.54) is 18.3 Å². The van der Waals surface area contributed by atoms with Crippen molar-refractivity contribution in [1.29, 1.82) is 0 Å². The average Bonchev–Trinajstić information content (AvgIpc) is 2.78. The molecule has 5 nitrogen and oxygen atoms in total. The van der Waals surface area contributed by atoms with Crippen molar-refractivity contribution in [2.45, 2.75) is 12.8 Å². The molecule has 0 aliphatic heterocycles. The number of hydrogen-bond acceptors (Lipinski definition) is 4. The first kappa shape index (κ1) is 26.5. The van der Waals surface area contributed by atoms with Crippen LogP contribution < -0.4 is 15.5 Å². The molecule has 0 spiro atoms. The fourth-order valence-corrected chi connectivity index (χ4v) is 5.08. The van der Waals surface area contributed by atoms with E-state index in [9.17, 15) is 18.0 Å². The quantitative estimate of drug-likeness (QED) is 0.155. The molecule has 34 heavy (non-hydrogen) atoms. The van der Waals surface area contributed by atoms with E-state index in [1.54, 1.807) is 6.07 Å². The summed E-state index contributed by atoms with van der Waals surface area (Å²) in [5.74, 6) is 0.213. The molecule has 0 saturated carbocycles. The van der Waals surface area contributed by atoms with Gasteiger partial charge in [0.2, 0.25) is 0 Å². The first-order chi connectivity index (χ1) is 16.1. The molecule has 0 aliphatic rings. The largest absolute Gasteiger partial charge is 0.487 e. The minimum atomic E-state index is -4.45. The Labute approximate surface area is 226 Å². The lowest BCUT2D eigenvalue weighted by Crippen LogP contribution is -2.26. The first-order valence-corrected chi connectivity index (χ1v) is 12.3. The van der Waals surface area contributed by atoms with Crippen molar-refractivity contribution in [3.8, 4) is 5.75 Å². The van der Waals surface area contributed by atoms with E-state index in [1.807, 2.05) is 30.3 Å². The Balaban J connectivity index is 1.54. The number of carbonyl (C=O) groups excluding carboxylic acids is 1. The second-order valence-electron chi connectivity index (χ2n) is 6.92. The van der Waals surface area contributed by atoms with Crippen LogP contribution in [0.5, 0.6) is 5.75 Å². The molecular formula is C23H17ClF3I2N3O2. The van der Waals surface area contributed by atoms with Gasteiger partial charge in [-0.1, -0.05) is 35.9 Å². The normalized spacial score (nSPS) is 11.5. The van der Waals surface area contributed by atoms with Crippen molar-refractivity contribution in [1.82, 2.24) is 5.43 Å². The topological polar surface area (TPSA) is 62.7 Å². The lowest BCUT2D eigenvalue weighted by atomic mass is 10.2. The molecule has 178 valence electrons. The number of carbonyl (C=O) groups is 1. The summed E-state index contributed by atoms with van der Waals surface area (Å²) in [4.78, 5) is 12.0. The number of hydrogen-bond donors (Lipinski definition) is 2. The van der Waals surface area contributed by atoms with Crippen molar-refractivity contribution in [3.63, 3.8) is 0 Å². The van der Waals surface area contributed by atoms with Gasteiger partial charge in [0.1, 0.15) is 12.4 Å². The highest BCUT2D eigenvalue weighted by atomic mass is 127. The molecule has 0 atom stereocenters. The summed E-state index contributed by atoms with van der Waals surface area (Å²) in [5, 5.41) is 7.20. The molecule has 3 aromatic rings. The fraction of sp³-hybridized carbons (Fsp3) is 0.130. The average molecular weight is 714 g/mol. The summed E-state index contributed by atoms with van der Waals surface area (Å²) < 4.78 is 46.0. The highest BCUT2D eigenvalue weighted by molar-refractivity contribution is 14.1. The van der Waals surface area contributed by atoms with Gasteiger partial charge in [-0.3, -0.25) is 4.79 Å². The maximum Gasteiger partial charge on any atom is 0.416 e. The van der Waals surface area contributed by atoms with Gasteiger partial charge < -0.3 is 10.1 Å². The number of benzene rings is 3. The smallest absolute Gasteiger partial charge is 0.416 e. The number of nitrogens with zero attached hydrogens (tertiary/aromatic N) is 1. The second kappa shape index (κ2) is 12.1. The Hall–Kier alpha value is -2.06.